The molecule has 0 bridgehead atoms. The number of hydrogen-bond acceptors (Lipinski definition) is 2. The summed E-state index contributed by atoms with van der Waals surface area (Å²) < 4.78 is 0. The average molecular weight is 238 g/mol. The van der Waals surface area contributed by atoms with Gasteiger partial charge in [0.1, 0.15) is 0 Å². The van der Waals surface area contributed by atoms with Crippen LogP contribution >= 0.6 is 0 Å². The van der Waals surface area contributed by atoms with Gasteiger partial charge in [0.25, 0.3) is 0 Å². The molecule has 2 aliphatic rings. The number of hydrogen-bond donors (Lipinski definition) is 1. The zero-order valence-corrected chi connectivity index (χ0v) is 11.4. The third-order valence-electron chi connectivity index (χ3n) is 4.53. The van der Waals surface area contributed by atoms with Crippen LogP contribution in [0, 0.1) is 17.8 Å². The predicted molar refractivity (Wildman–Crippen MR) is 69.7 cm³/mol. The van der Waals surface area contributed by atoms with Crippen LogP contribution in [0.5, 0.6) is 0 Å². The standard InChI is InChI=1S/C14H26N2O/c1-10-7-11(2)12(3)16(9-10)14(17)13-5-4-6-15-8-13/h10-13,15H,4-9H2,1-3H3. The maximum Gasteiger partial charge on any atom is 0.227 e. The largest absolute Gasteiger partial charge is 0.339 e. The number of carbonyl (C=O) groups is 1. The van der Waals surface area contributed by atoms with Gasteiger partial charge in [0.15, 0.2) is 0 Å². The second kappa shape index (κ2) is 5.38. The van der Waals surface area contributed by atoms with Gasteiger partial charge in [0.05, 0.1) is 5.92 Å². The molecule has 0 aromatic carbocycles. The van der Waals surface area contributed by atoms with E-state index in [1.807, 2.05) is 0 Å². The molecule has 2 fully saturated rings. The summed E-state index contributed by atoms with van der Waals surface area (Å²) in [6.45, 7) is 9.67. The number of piperidine rings is 2. The van der Waals surface area contributed by atoms with Crippen molar-refractivity contribution >= 4 is 5.91 Å². The van der Waals surface area contributed by atoms with Crippen LogP contribution in [0.15, 0.2) is 0 Å². The minimum absolute atomic E-state index is 0.226. The van der Waals surface area contributed by atoms with Crippen LogP contribution in [-0.4, -0.2) is 36.5 Å². The molecule has 2 aliphatic heterocycles. The van der Waals surface area contributed by atoms with E-state index in [2.05, 4.69) is 31.0 Å². The van der Waals surface area contributed by atoms with Gasteiger partial charge in [-0.15, -0.1) is 0 Å². The fourth-order valence-corrected chi connectivity index (χ4v) is 3.30. The lowest BCUT2D eigenvalue weighted by molar-refractivity contribution is -0.142. The molecule has 1 amide bonds. The van der Waals surface area contributed by atoms with Crippen LogP contribution in [-0.2, 0) is 4.79 Å². The van der Waals surface area contributed by atoms with Crippen molar-refractivity contribution < 1.29 is 4.79 Å². The third kappa shape index (κ3) is 2.82. The molecular formula is C14H26N2O. The van der Waals surface area contributed by atoms with Crippen LogP contribution < -0.4 is 5.32 Å². The van der Waals surface area contributed by atoms with Crippen LogP contribution in [0.4, 0.5) is 0 Å². The Kier molecular flexibility index (Phi) is 4.08. The monoisotopic (exact) mass is 238 g/mol. The highest BCUT2D eigenvalue weighted by Gasteiger charge is 2.35. The molecule has 4 unspecified atom stereocenters. The molecule has 2 rings (SSSR count). The van der Waals surface area contributed by atoms with Crippen LogP contribution in [0.3, 0.4) is 0 Å². The molecule has 0 radical (unpaired) electrons. The topological polar surface area (TPSA) is 32.3 Å². The highest BCUT2D eigenvalue weighted by atomic mass is 16.2. The zero-order valence-electron chi connectivity index (χ0n) is 11.4. The van der Waals surface area contributed by atoms with Crippen LogP contribution in [0.1, 0.15) is 40.0 Å². The minimum Gasteiger partial charge on any atom is -0.339 e. The summed E-state index contributed by atoms with van der Waals surface area (Å²) in [5, 5.41) is 3.34. The number of rotatable bonds is 1. The fraction of sp³-hybridized carbons (Fsp3) is 0.929. The molecule has 0 saturated carbocycles. The van der Waals surface area contributed by atoms with Gasteiger partial charge in [0, 0.05) is 19.1 Å². The average Bonchev–Trinajstić information content (AvgIpc) is 2.34. The lowest BCUT2D eigenvalue weighted by Crippen LogP contribution is -2.52. The number of carbonyl (C=O) groups excluding carboxylic acids is 1. The molecule has 2 saturated heterocycles. The molecule has 2 heterocycles. The first-order chi connectivity index (χ1) is 8.09. The van der Waals surface area contributed by atoms with E-state index in [9.17, 15) is 4.79 Å². The minimum atomic E-state index is 0.226. The fourth-order valence-electron chi connectivity index (χ4n) is 3.30. The summed E-state index contributed by atoms with van der Waals surface area (Å²) in [6.07, 6.45) is 3.47. The SMILES string of the molecule is CC1CC(C)C(C)N(C(=O)C2CCCNC2)C1. The van der Waals surface area contributed by atoms with E-state index in [1.54, 1.807) is 0 Å². The smallest absolute Gasteiger partial charge is 0.227 e. The summed E-state index contributed by atoms with van der Waals surface area (Å²) in [4.78, 5) is 14.7. The van der Waals surface area contributed by atoms with Gasteiger partial charge >= 0.3 is 0 Å². The predicted octanol–water partition coefficient (Wildman–Crippen LogP) is 1.88. The molecule has 0 spiro atoms. The van der Waals surface area contributed by atoms with Gasteiger partial charge in [-0.3, -0.25) is 4.79 Å². The van der Waals surface area contributed by atoms with Crippen molar-refractivity contribution in [3.05, 3.63) is 0 Å². The van der Waals surface area contributed by atoms with Gasteiger partial charge in [0.2, 0.25) is 5.91 Å². The molecule has 4 atom stereocenters. The lowest BCUT2D eigenvalue weighted by Gasteiger charge is -2.43. The number of amides is 1. The second-order valence-corrected chi connectivity index (χ2v) is 6.09. The molecule has 0 aromatic rings. The van der Waals surface area contributed by atoms with E-state index in [0.29, 0.717) is 23.8 Å². The van der Waals surface area contributed by atoms with Gasteiger partial charge in [-0.25, -0.2) is 0 Å². The molecule has 3 nitrogen and oxygen atoms in total. The number of nitrogens with one attached hydrogen (secondary N) is 1. The van der Waals surface area contributed by atoms with Crippen molar-refractivity contribution in [2.24, 2.45) is 17.8 Å². The van der Waals surface area contributed by atoms with Gasteiger partial charge in [-0.1, -0.05) is 13.8 Å². The van der Waals surface area contributed by atoms with E-state index in [4.69, 9.17) is 0 Å². The van der Waals surface area contributed by atoms with Gasteiger partial charge in [-0.05, 0) is 44.6 Å². The quantitative estimate of drug-likeness (QED) is 0.756. The first kappa shape index (κ1) is 12.9. The molecule has 98 valence electrons. The van der Waals surface area contributed by atoms with Crippen molar-refractivity contribution in [1.82, 2.24) is 10.2 Å². The summed E-state index contributed by atoms with van der Waals surface area (Å²) in [5.41, 5.74) is 0. The Morgan fingerprint density at radius 3 is 2.71 bits per heavy atom. The van der Waals surface area contributed by atoms with Crippen molar-refractivity contribution in [3.8, 4) is 0 Å². The summed E-state index contributed by atoms with van der Waals surface area (Å²) in [7, 11) is 0. The molecule has 1 N–H and O–H groups in total. The van der Waals surface area contributed by atoms with Crippen molar-refractivity contribution in [1.29, 1.82) is 0 Å². The van der Waals surface area contributed by atoms with E-state index in [-0.39, 0.29) is 5.92 Å². The van der Waals surface area contributed by atoms with E-state index in [1.165, 1.54) is 6.42 Å². The van der Waals surface area contributed by atoms with Crippen molar-refractivity contribution in [3.63, 3.8) is 0 Å². The zero-order chi connectivity index (χ0) is 12.4. The van der Waals surface area contributed by atoms with E-state index in [0.717, 1.165) is 32.5 Å². The van der Waals surface area contributed by atoms with Gasteiger partial charge in [-0.2, -0.15) is 0 Å². The first-order valence-electron chi connectivity index (χ1n) is 7.10. The summed E-state index contributed by atoms with van der Waals surface area (Å²) in [6, 6.07) is 0.417. The summed E-state index contributed by atoms with van der Waals surface area (Å²) in [5.74, 6) is 1.91. The number of nitrogens with zero attached hydrogens (tertiary/aromatic N) is 1. The van der Waals surface area contributed by atoms with Crippen molar-refractivity contribution in [2.75, 3.05) is 19.6 Å². The second-order valence-electron chi connectivity index (χ2n) is 6.09. The summed E-state index contributed by atoms with van der Waals surface area (Å²) >= 11 is 0. The molecular weight excluding hydrogens is 212 g/mol. The Morgan fingerprint density at radius 1 is 1.29 bits per heavy atom. The van der Waals surface area contributed by atoms with E-state index >= 15 is 0 Å². The highest BCUT2D eigenvalue weighted by molar-refractivity contribution is 5.79. The lowest BCUT2D eigenvalue weighted by atomic mass is 9.84. The molecule has 0 aliphatic carbocycles. The van der Waals surface area contributed by atoms with Crippen LogP contribution in [0.25, 0.3) is 0 Å². The van der Waals surface area contributed by atoms with E-state index < -0.39 is 0 Å². The molecule has 17 heavy (non-hydrogen) atoms. The molecule has 0 aromatic heterocycles. The Morgan fingerprint density at radius 2 is 2.06 bits per heavy atom. The maximum absolute atomic E-state index is 12.5. The Hall–Kier alpha value is -0.570. The molecule has 3 heteroatoms. The Labute approximate surface area is 105 Å². The normalized spacial score (nSPS) is 39.1. The van der Waals surface area contributed by atoms with Gasteiger partial charge < -0.3 is 10.2 Å². The van der Waals surface area contributed by atoms with Crippen LogP contribution in [0.2, 0.25) is 0 Å². The highest BCUT2D eigenvalue weighted by Crippen LogP contribution is 2.29. The number of likely N-dealkylation sites (tertiary alicyclic amines) is 1. The third-order valence-corrected chi connectivity index (χ3v) is 4.53. The maximum atomic E-state index is 12.5. The first-order valence-corrected chi connectivity index (χ1v) is 7.10. The Bertz CT molecular complexity index is 273. The Balaban J connectivity index is 2.01. The van der Waals surface area contributed by atoms with Crippen molar-refractivity contribution in [2.45, 2.75) is 46.1 Å².